The van der Waals surface area contributed by atoms with Crippen LogP contribution in [0.1, 0.15) is 6.92 Å². The second kappa shape index (κ2) is 7.74. The minimum absolute atomic E-state index is 0.0569. The zero-order valence-corrected chi connectivity index (χ0v) is 15.3. The summed E-state index contributed by atoms with van der Waals surface area (Å²) >= 11 is 8.20. The third-order valence-electron chi connectivity index (χ3n) is 3.22. The van der Waals surface area contributed by atoms with E-state index in [0.29, 0.717) is 3.95 Å². The number of amides is 1. The first kappa shape index (κ1) is 16.9. The molecular weight excluding hydrogens is 358 g/mol. The van der Waals surface area contributed by atoms with E-state index in [0.717, 1.165) is 15.7 Å². The third-order valence-corrected chi connectivity index (χ3v) is 5.63. The molecule has 1 amide bonds. The van der Waals surface area contributed by atoms with Crippen molar-refractivity contribution in [3.63, 3.8) is 0 Å². The van der Waals surface area contributed by atoms with Gasteiger partial charge in [-0.1, -0.05) is 59.5 Å². The summed E-state index contributed by atoms with van der Waals surface area (Å²) < 4.78 is 3.17. The van der Waals surface area contributed by atoms with E-state index < -0.39 is 0 Å². The molecule has 1 atom stereocenters. The van der Waals surface area contributed by atoms with Crippen molar-refractivity contribution in [2.75, 3.05) is 5.32 Å². The van der Waals surface area contributed by atoms with Crippen LogP contribution in [-0.2, 0) is 4.79 Å². The average Bonchev–Trinajstić information content (AvgIpc) is 2.97. The fourth-order valence-corrected chi connectivity index (χ4v) is 4.52. The average molecular weight is 374 g/mol. The molecule has 122 valence electrons. The number of nitrogens with one attached hydrogen (secondary N) is 1. The Balaban J connectivity index is 1.70. The summed E-state index contributed by atoms with van der Waals surface area (Å²) in [7, 11) is 0. The molecule has 0 radical (unpaired) electrons. The number of aromatic nitrogens is 2. The summed E-state index contributed by atoms with van der Waals surface area (Å²) in [5.74, 6) is -0.0569. The Morgan fingerprint density at radius 2 is 1.79 bits per heavy atom. The topological polar surface area (TPSA) is 46.9 Å². The monoisotopic (exact) mass is 373 g/mol. The number of hydrogen-bond acceptors (Lipinski definition) is 5. The van der Waals surface area contributed by atoms with Gasteiger partial charge in [0.25, 0.3) is 0 Å². The van der Waals surface area contributed by atoms with Crippen molar-refractivity contribution in [1.29, 1.82) is 0 Å². The van der Waals surface area contributed by atoms with Crippen LogP contribution in [0.15, 0.2) is 65.0 Å². The summed E-state index contributed by atoms with van der Waals surface area (Å²) in [4.78, 5) is 12.3. The van der Waals surface area contributed by atoms with E-state index in [2.05, 4.69) is 10.4 Å². The molecule has 7 heteroatoms. The van der Waals surface area contributed by atoms with Gasteiger partial charge in [-0.2, -0.15) is 0 Å². The van der Waals surface area contributed by atoms with Crippen LogP contribution in [0.25, 0.3) is 5.69 Å². The highest BCUT2D eigenvalue weighted by atomic mass is 32.2. The zero-order valence-electron chi connectivity index (χ0n) is 12.9. The number of hydrogen-bond donors (Lipinski definition) is 1. The first-order chi connectivity index (χ1) is 11.6. The Kier molecular flexibility index (Phi) is 5.44. The number of nitrogens with zero attached hydrogens (tertiary/aromatic N) is 2. The highest BCUT2D eigenvalue weighted by Gasteiger charge is 2.17. The quantitative estimate of drug-likeness (QED) is 0.516. The molecule has 0 bridgehead atoms. The normalized spacial score (nSPS) is 11.9. The molecular formula is C17H15N3OS3. The van der Waals surface area contributed by atoms with Gasteiger partial charge in [-0.05, 0) is 43.4 Å². The Bertz CT molecular complexity index is 875. The van der Waals surface area contributed by atoms with E-state index in [-0.39, 0.29) is 11.2 Å². The van der Waals surface area contributed by atoms with Gasteiger partial charge in [-0.25, -0.2) is 4.68 Å². The maximum absolute atomic E-state index is 12.3. The Morgan fingerprint density at radius 3 is 2.46 bits per heavy atom. The van der Waals surface area contributed by atoms with Gasteiger partial charge in [0, 0.05) is 5.69 Å². The molecule has 0 aliphatic rings. The molecule has 0 fully saturated rings. The lowest BCUT2D eigenvalue weighted by atomic mass is 10.3. The summed E-state index contributed by atoms with van der Waals surface area (Å²) in [6, 6.07) is 19.2. The molecule has 24 heavy (non-hydrogen) atoms. The number of benzene rings is 2. The lowest BCUT2D eigenvalue weighted by Gasteiger charge is -2.10. The van der Waals surface area contributed by atoms with Crippen LogP contribution >= 0.6 is 35.3 Å². The fraction of sp³-hybridized carbons (Fsp3) is 0.118. The third kappa shape index (κ3) is 4.11. The number of thioether (sulfide) groups is 1. The molecule has 0 aliphatic heterocycles. The van der Waals surface area contributed by atoms with Crippen molar-refractivity contribution in [1.82, 2.24) is 9.78 Å². The minimum atomic E-state index is -0.269. The molecule has 1 aromatic heterocycles. The van der Waals surface area contributed by atoms with Crippen molar-refractivity contribution in [3.05, 3.63) is 64.6 Å². The molecule has 0 unspecified atom stereocenters. The number of carbonyl (C=O) groups excluding carboxylic acids is 1. The Morgan fingerprint density at radius 1 is 1.17 bits per heavy atom. The van der Waals surface area contributed by atoms with Crippen LogP contribution in [-0.4, -0.2) is 20.9 Å². The molecule has 1 heterocycles. The van der Waals surface area contributed by atoms with Crippen molar-refractivity contribution in [2.45, 2.75) is 16.5 Å². The largest absolute Gasteiger partial charge is 0.325 e. The van der Waals surface area contributed by atoms with Gasteiger partial charge in [0.05, 0.1) is 10.9 Å². The number of carbonyl (C=O) groups is 1. The predicted octanol–water partition coefficient (Wildman–Crippen LogP) is 4.78. The van der Waals surface area contributed by atoms with Crippen LogP contribution in [0.4, 0.5) is 5.69 Å². The molecule has 3 aromatic rings. The van der Waals surface area contributed by atoms with Crippen LogP contribution in [0.2, 0.25) is 0 Å². The second-order valence-electron chi connectivity index (χ2n) is 5.00. The van der Waals surface area contributed by atoms with E-state index in [9.17, 15) is 4.79 Å². The van der Waals surface area contributed by atoms with Crippen molar-refractivity contribution in [2.24, 2.45) is 0 Å². The first-order valence-corrected chi connectivity index (χ1v) is 9.42. The first-order valence-electron chi connectivity index (χ1n) is 7.31. The Labute approximate surface area is 153 Å². The fourth-order valence-electron chi connectivity index (χ4n) is 2.01. The lowest BCUT2D eigenvalue weighted by molar-refractivity contribution is -0.115. The van der Waals surface area contributed by atoms with Gasteiger partial charge in [-0.3, -0.25) is 4.79 Å². The van der Waals surface area contributed by atoms with E-state index >= 15 is 0 Å². The van der Waals surface area contributed by atoms with Crippen LogP contribution in [0.3, 0.4) is 0 Å². The summed E-state index contributed by atoms with van der Waals surface area (Å²) in [6.07, 6.45) is 0. The maximum atomic E-state index is 12.3. The summed E-state index contributed by atoms with van der Waals surface area (Å²) in [6.45, 7) is 1.86. The highest BCUT2D eigenvalue weighted by Crippen LogP contribution is 2.28. The standard InChI is InChI=1S/C17H15N3OS3/c1-12(15(21)18-13-8-4-2-5-9-13)23-16-19-20(17(22)24-16)14-10-6-3-7-11-14/h2-12H,1H3,(H,18,21)/t12-/m1/s1. The van der Waals surface area contributed by atoms with Crippen molar-refractivity contribution >= 4 is 46.9 Å². The maximum Gasteiger partial charge on any atom is 0.237 e. The van der Waals surface area contributed by atoms with Gasteiger partial charge >= 0.3 is 0 Å². The SMILES string of the molecule is C[C@@H](Sc1nn(-c2ccccc2)c(=S)s1)C(=O)Nc1ccccc1. The summed E-state index contributed by atoms with van der Waals surface area (Å²) in [5.41, 5.74) is 1.71. The number of anilines is 1. The van der Waals surface area contributed by atoms with E-state index in [1.54, 1.807) is 4.68 Å². The second-order valence-corrected chi connectivity index (χ2v) is 8.21. The molecule has 0 saturated carbocycles. The van der Waals surface area contributed by atoms with E-state index in [4.69, 9.17) is 12.2 Å². The van der Waals surface area contributed by atoms with Crippen LogP contribution in [0, 0.1) is 3.95 Å². The molecule has 1 N–H and O–H groups in total. The van der Waals surface area contributed by atoms with Crippen LogP contribution < -0.4 is 5.32 Å². The minimum Gasteiger partial charge on any atom is -0.325 e. The smallest absolute Gasteiger partial charge is 0.237 e. The zero-order chi connectivity index (χ0) is 16.9. The summed E-state index contributed by atoms with van der Waals surface area (Å²) in [5, 5.41) is 7.15. The molecule has 0 aliphatic carbocycles. The van der Waals surface area contributed by atoms with Gasteiger partial charge < -0.3 is 5.32 Å². The molecule has 3 rings (SSSR count). The lowest BCUT2D eigenvalue weighted by Crippen LogP contribution is -2.22. The molecule has 0 spiro atoms. The van der Waals surface area contributed by atoms with Gasteiger partial charge in [0.2, 0.25) is 5.91 Å². The van der Waals surface area contributed by atoms with E-state index in [1.807, 2.05) is 67.6 Å². The Hall–Kier alpha value is -1.96. The van der Waals surface area contributed by atoms with Gasteiger partial charge in [0.1, 0.15) is 0 Å². The highest BCUT2D eigenvalue weighted by molar-refractivity contribution is 8.02. The van der Waals surface area contributed by atoms with Crippen LogP contribution in [0.5, 0.6) is 0 Å². The van der Waals surface area contributed by atoms with Gasteiger partial charge in [0.15, 0.2) is 8.29 Å². The molecule has 2 aromatic carbocycles. The number of para-hydroxylation sites is 2. The van der Waals surface area contributed by atoms with Crippen molar-refractivity contribution < 1.29 is 4.79 Å². The molecule has 0 saturated heterocycles. The van der Waals surface area contributed by atoms with E-state index in [1.165, 1.54) is 23.1 Å². The van der Waals surface area contributed by atoms with Crippen molar-refractivity contribution in [3.8, 4) is 5.69 Å². The number of rotatable bonds is 5. The predicted molar refractivity (Wildman–Crippen MR) is 103 cm³/mol. The van der Waals surface area contributed by atoms with Gasteiger partial charge in [-0.15, -0.1) is 5.10 Å². The molecule has 4 nitrogen and oxygen atoms in total.